The third-order valence-electron chi connectivity index (χ3n) is 4.60. The fraction of sp³-hybridized carbons (Fsp3) is 0.667. The van der Waals surface area contributed by atoms with Crippen LogP contribution in [0.1, 0.15) is 56.2 Å². The van der Waals surface area contributed by atoms with Gasteiger partial charge in [0.1, 0.15) is 0 Å². The Morgan fingerprint density at radius 2 is 1.55 bits per heavy atom. The molecule has 1 aromatic carbocycles. The fourth-order valence-electron chi connectivity index (χ4n) is 3.18. The van der Waals surface area contributed by atoms with Crippen molar-refractivity contribution in [2.75, 3.05) is 6.54 Å². The van der Waals surface area contributed by atoms with Gasteiger partial charge in [-0.1, -0.05) is 43.2 Å². The van der Waals surface area contributed by atoms with Crippen LogP contribution in [0, 0.1) is 19.3 Å². The van der Waals surface area contributed by atoms with Gasteiger partial charge in [0.25, 0.3) is 0 Å². The minimum atomic E-state index is -0.506. The molecule has 1 aromatic rings. The fourth-order valence-corrected chi connectivity index (χ4v) is 3.18. The molecular weight excluding hydrogens is 246 g/mol. The quantitative estimate of drug-likeness (QED) is 0.877. The van der Waals surface area contributed by atoms with Gasteiger partial charge < -0.3 is 10.4 Å². The van der Waals surface area contributed by atoms with Crippen molar-refractivity contribution in [2.45, 2.75) is 65.5 Å². The Bertz CT molecular complexity index is 434. The van der Waals surface area contributed by atoms with Crippen LogP contribution >= 0.6 is 0 Å². The molecule has 2 rings (SSSR count). The molecule has 0 aliphatic heterocycles. The summed E-state index contributed by atoms with van der Waals surface area (Å²) in [5.74, 6) is 0. The lowest BCUT2D eigenvalue weighted by Gasteiger charge is -2.40. The first kappa shape index (κ1) is 15.5. The summed E-state index contributed by atoms with van der Waals surface area (Å²) in [7, 11) is 0. The van der Waals surface area contributed by atoms with Gasteiger partial charge in [0.2, 0.25) is 0 Å². The highest BCUT2D eigenvalue weighted by molar-refractivity contribution is 5.28. The zero-order valence-corrected chi connectivity index (χ0v) is 13.4. The Morgan fingerprint density at radius 3 is 2.10 bits per heavy atom. The van der Waals surface area contributed by atoms with E-state index in [9.17, 15) is 5.11 Å². The number of aryl methyl sites for hydroxylation is 2. The largest absolute Gasteiger partial charge is 0.389 e. The van der Waals surface area contributed by atoms with E-state index in [0.717, 1.165) is 32.2 Å². The summed E-state index contributed by atoms with van der Waals surface area (Å²) < 4.78 is 0. The van der Waals surface area contributed by atoms with Gasteiger partial charge in [-0.2, -0.15) is 0 Å². The Balaban J connectivity index is 1.83. The molecule has 0 bridgehead atoms. The maximum atomic E-state index is 10.6. The average Bonchev–Trinajstić information content (AvgIpc) is 2.33. The third kappa shape index (κ3) is 4.32. The van der Waals surface area contributed by atoms with E-state index >= 15 is 0 Å². The molecule has 0 spiro atoms. The molecule has 1 fully saturated rings. The van der Waals surface area contributed by atoms with Crippen molar-refractivity contribution in [2.24, 2.45) is 5.41 Å². The average molecular weight is 275 g/mol. The van der Waals surface area contributed by atoms with E-state index in [1.54, 1.807) is 0 Å². The van der Waals surface area contributed by atoms with Gasteiger partial charge in [0.15, 0.2) is 0 Å². The van der Waals surface area contributed by atoms with E-state index in [2.05, 4.69) is 51.2 Å². The van der Waals surface area contributed by atoms with Gasteiger partial charge in [0.05, 0.1) is 5.60 Å². The van der Waals surface area contributed by atoms with E-state index in [1.165, 1.54) is 16.7 Å². The number of hydrogen-bond acceptors (Lipinski definition) is 2. The zero-order valence-electron chi connectivity index (χ0n) is 13.4. The van der Waals surface area contributed by atoms with Crippen LogP contribution in [0.4, 0.5) is 0 Å². The molecule has 2 heteroatoms. The molecule has 0 heterocycles. The third-order valence-corrected chi connectivity index (χ3v) is 4.60. The molecule has 20 heavy (non-hydrogen) atoms. The lowest BCUT2D eigenvalue weighted by atomic mass is 9.71. The normalized spacial score (nSPS) is 20.9. The first-order valence-corrected chi connectivity index (χ1v) is 7.78. The Morgan fingerprint density at radius 1 is 1.00 bits per heavy atom. The first-order chi connectivity index (χ1) is 9.28. The second-order valence-corrected chi connectivity index (χ2v) is 7.49. The van der Waals surface area contributed by atoms with Crippen molar-refractivity contribution >= 4 is 0 Å². The van der Waals surface area contributed by atoms with E-state index in [-0.39, 0.29) is 0 Å². The minimum Gasteiger partial charge on any atom is -0.389 e. The van der Waals surface area contributed by atoms with Crippen molar-refractivity contribution in [3.05, 3.63) is 34.9 Å². The summed E-state index contributed by atoms with van der Waals surface area (Å²) >= 11 is 0. The zero-order chi connectivity index (χ0) is 14.8. The first-order valence-electron chi connectivity index (χ1n) is 7.78. The predicted octanol–water partition coefficient (Wildman–Crippen LogP) is 3.72. The molecule has 0 atom stereocenters. The van der Waals surface area contributed by atoms with Gasteiger partial charge in [-0.25, -0.2) is 0 Å². The smallest absolute Gasteiger partial charge is 0.0772 e. The van der Waals surface area contributed by atoms with Crippen LogP contribution in [0.15, 0.2) is 18.2 Å². The SMILES string of the molecule is Cc1cc(C)cc(CNCC2(O)CCC(C)(C)CC2)c1. The summed E-state index contributed by atoms with van der Waals surface area (Å²) in [6.45, 7) is 10.4. The molecule has 0 amide bonds. The van der Waals surface area contributed by atoms with Crippen LogP contribution in [-0.2, 0) is 6.54 Å². The van der Waals surface area contributed by atoms with Crippen LogP contribution < -0.4 is 5.32 Å². The molecule has 1 aliphatic carbocycles. The van der Waals surface area contributed by atoms with Crippen molar-refractivity contribution in [3.8, 4) is 0 Å². The van der Waals surface area contributed by atoms with Gasteiger partial charge in [-0.05, 0) is 50.5 Å². The summed E-state index contributed by atoms with van der Waals surface area (Å²) in [6.07, 6.45) is 4.07. The molecule has 1 saturated carbocycles. The lowest BCUT2D eigenvalue weighted by Crippen LogP contribution is -2.44. The summed E-state index contributed by atoms with van der Waals surface area (Å²) in [5.41, 5.74) is 3.82. The Hall–Kier alpha value is -0.860. The van der Waals surface area contributed by atoms with E-state index < -0.39 is 5.60 Å². The van der Waals surface area contributed by atoms with Crippen LogP contribution in [0.3, 0.4) is 0 Å². The molecule has 1 aliphatic rings. The van der Waals surface area contributed by atoms with Crippen molar-refractivity contribution in [3.63, 3.8) is 0 Å². The summed E-state index contributed by atoms with van der Waals surface area (Å²) in [4.78, 5) is 0. The number of benzene rings is 1. The van der Waals surface area contributed by atoms with Crippen LogP contribution in [-0.4, -0.2) is 17.3 Å². The van der Waals surface area contributed by atoms with Crippen molar-refractivity contribution < 1.29 is 5.11 Å². The second-order valence-electron chi connectivity index (χ2n) is 7.49. The van der Waals surface area contributed by atoms with Gasteiger partial charge in [0, 0.05) is 13.1 Å². The molecule has 0 saturated heterocycles. The van der Waals surface area contributed by atoms with E-state index in [0.29, 0.717) is 12.0 Å². The monoisotopic (exact) mass is 275 g/mol. The molecule has 0 unspecified atom stereocenters. The molecular formula is C18H29NO. The summed E-state index contributed by atoms with van der Waals surface area (Å²) in [6, 6.07) is 6.63. The van der Waals surface area contributed by atoms with Gasteiger partial charge in [-0.15, -0.1) is 0 Å². The maximum absolute atomic E-state index is 10.6. The molecule has 2 nitrogen and oxygen atoms in total. The lowest BCUT2D eigenvalue weighted by molar-refractivity contribution is -0.0245. The van der Waals surface area contributed by atoms with Crippen molar-refractivity contribution in [1.82, 2.24) is 5.32 Å². The number of aliphatic hydroxyl groups is 1. The van der Waals surface area contributed by atoms with Crippen LogP contribution in [0.5, 0.6) is 0 Å². The highest BCUT2D eigenvalue weighted by Crippen LogP contribution is 2.39. The van der Waals surface area contributed by atoms with Crippen LogP contribution in [0.2, 0.25) is 0 Å². The highest BCUT2D eigenvalue weighted by atomic mass is 16.3. The topological polar surface area (TPSA) is 32.3 Å². The minimum absolute atomic E-state index is 0.403. The van der Waals surface area contributed by atoms with Crippen molar-refractivity contribution in [1.29, 1.82) is 0 Å². The summed E-state index contributed by atoms with van der Waals surface area (Å²) in [5, 5.41) is 14.1. The maximum Gasteiger partial charge on any atom is 0.0772 e. The van der Waals surface area contributed by atoms with Gasteiger partial charge in [-0.3, -0.25) is 0 Å². The Kier molecular flexibility index (Phi) is 4.55. The molecule has 0 aromatic heterocycles. The Labute approximate surface area is 123 Å². The van der Waals surface area contributed by atoms with Gasteiger partial charge >= 0.3 is 0 Å². The standard InChI is InChI=1S/C18H29NO/c1-14-9-15(2)11-16(10-14)12-19-13-18(20)7-5-17(3,4)6-8-18/h9-11,19-20H,5-8,12-13H2,1-4H3. The number of hydrogen-bond donors (Lipinski definition) is 2. The van der Waals surface area contributed by atoms with E-state index in [4.69, 9.17) is 0 Å². The number of rotatable bonds is 4. The second kappa shape index (κ2) is 5.87. The predicted molar refractivity (Wildman–Crippen MR) is 84.8 cm³/mol. The number of nitrogens with one attached hydrogen (secondary N) is 1. The molecule has 0 radical (unpaired) electrons. The van der Waals surface area contributed by atoms with E-state index in [1.807, 2.05) is 0 Å². The molecule has 2 N–H and O–H groups in total. The highest BCUT2D eigenvalue weighted by Gasteiger charge is 2.36. The van der Waals surface area contributed by atoms with Crippen LogP contribution in [0.25, 0.3) is 0 Å². The molecule has 112 valence electrons.